The van der Waals surface area contributed by atoms with E-state index in [1.807, 2.05) is 12.1 Å². The van der Waals surface area contributed by atoms with Crippen molar-refractivity contribution in [2.24, 2.45) is 0 Å². The Hall–Kier alpha value is -1.35. The molecule has 1 aromatic rings. The lowest BCUT2D eigenvalue weighted by atomic mass is 9.99. The highest BCUT2D eigenvalue weighted by molar-refractivity contribution is 5.90. The van der Waals surface area contributed by atoms with Crippen molar-refractivity contribution in [1.29, 1.82) is 0 Å². The Balaban J connectivity index is 2.42. The molecule has 0 aliphatic rings. The van der Waals surface area contributed by atoms with E-state index < -0.39 is 0 Å². The normalized spacial score (nSPS) is 12.5. The zero-order valence-corrected chi connectivity index (χ0v) is 12.5. The molecule has 0 fully saturated rings. The maximum atomic E-state index is 11.7. The van der Waals surface area contributed by atoms with Crippen LogP contribution in [0.5, 0.6) is 0 Å². The lowest BCUT2D eigenvalue weighted by Gasteiger charge is -2.11. The fourth-order valence-corrected chi connectivity index (χ4v) is 1.83. The Morgan fingerprint density at radius 3 is 2.32 bits per heavy atom. The molecule has 19 heavy (non-hydrogen) atoms. The fraction of sp³-hybridized carbons (Fsp3) is 0.562. The number of carbonyl (C=O) groups excluding carboxylic acids is 1. The predicted molar refractivity (Wildman–Crippen MR) is 81.5 cm³/mol. The first kappa shape index (κ1) is 15.7. The summed E-state index contributed by atoms with van der Waals surface area (Å²) in [6.45, 7) is 9.26. The van der Waals surface area contributed by atoms with Gasteiger partial charge in [0, 0.05) is 24.7 Å². The van der Waals surface area contributed by atoms with Crippen molar-refractivity contribution in [1.82, 2.24) is 5.32 Å². The fourth-order valence-electron chi connectivity index (χ4n) is 1.83. The Kier molecular flexibility index (Phi) is 6.57. The SMILES string of the molecule is CCC(C)c1ccc(NC(=O)CCNC(C)C)cc1. The molecule has 1 atom stereocenters. The zero-order valence-electron chi connectivity index (χ0n) is 12.5. The van der Waals surface area contributed by atoms with Gasteiger partial charge in [0.1, 0.15) is 0 Å². The number of hydrogen-bond acceptors (Lipinski definition) is 2. The minimum atomic E-state index is 0.0597. The van der Waals surface area contributed by atoms with E-state index >= 15 is 0 Å². The van der Waals surface area contributed by atoms with E-state index in [2.05, 4.69) is 50.5 Å². The van der Waals surface area contributed by atoms with Crippen molar-refractivity contribution in [3.63, 3.8) is 0 Å². The molecule has 0 saturated carbocycles. The van der Waals surface area contributed by atoms with Gasteiger partial charge < -0.3 is 10.6 Å². The van der Waals surface area contributed by atoms with Gasteiger partial charge in [-0.2, -0.15) is 0 Å². The number of amides is 1. The number of hydrogen-bond donors (Lipinski definition) is 2. The molecule has 106 valence electrons. The molecule has 1 unspecified atom stereocenters. The lowest BCUT2D eigenvalue weighted by Crippen LogP contribution is -2.27. The van der Waals surface area contributed by atoms with Crippen LogP contribution in [0.15, 0.2) is 24.3 Å². The number of rotatable bonds is 7. The minimum absolute atomic E-state index is 0.0597. The number of anilines is 1. The second-order valence-electron chi connectivity index (χ2n) is 5.34. The summed E-state index contributed by atoms with van der Waals surface area (Å²) in [5.74, 6) is 0.629. The van der Waals surface area contributed by atoms with E-state index in [-0.39, 0.29) is 5.91 Å². The van der Waals surface area contributed by atoms with Crippen molar-refractivity contribution in [3.8, 4) is 0 Å². The van der Waals surface area contributed by atoms with Gasteiger partial charge in [-0.1, -0.05) is 39.8 Å². The minimum Gasteiger partial charge on any atom is -0.326 e. The summed E-state index contributed by atoms with van der Waals surface area (Å²) in [6, 6.07) is 8.57. The highest BCUT2D eigenvalue weighted by Gasteiger charge is 2.05. The second kappa shape index (κ2) is 7.95. The summed E-state index contributed by atoms with van der Waals surface area (Å²) in [5, 5.41) is 6.15. The van der Waals surface area contributed by atoms with Gasteiger partial charge in [-0.05, 0) is 30.0 Å². The molecule has 3 nitrogen and oxygen atoms in total. The van der Waals surface area contributed by atoms with Crippen LogP contribution in [-0.4, -0.2) is 18.5 Å². The van der Waals surface area contributed by atoms with Crippen molar-refractivity contribution in [3.05, 3.63) is 29.8 Å². The van der Waals surface area contributed by atoms with Crippen LogP contribution in [0.3, 0.4) is 0 Å². The maximum Gasteiger partial charge on any atom is 0.225 e. The second-order valence-corrected chi connectivity index (χ2v) is 5.34. The van der Waals surface area contributed by atoms with Gasteiger partial charge in [0.05, 0.1) is 0 Å². The molecular formula is C16H26N2O. The van der Waals surface area contributed by atoms with Crippen molar-refractivity contribution < 1.29 is 4.79 Å². The number of carbonyl (C=O) groups is 1. The number of nitrogens with one attached hydrogen (secondary N) is 2. The molecule has 0 spiro atoms. The van der Waals surface area contributed by atoms with E-state index in [1.54, 1.807) is 0 Å². The first-order valence-corrected chi connectivity index (χ1v) is 7.16. The Labute approximate surface area is 116 Å². The molecule has 0 bridgehead atoms. The molecule has 0 heterocycles. The standard InChI is InChI=1S/C16H26N2O/c1-5-13(4)14-6-8-15(9-7-14)18-16(19)10-11-17-12(2)3/h6-9,12-13,17H,5,10-11H2,1-4H3,(H,18,19). The molecule has 0 aliphatic heterocycles. The average Bonchev–Trinajstić information content (AvgIpc) is 2.38. The van der Waals surface area contributed by atoms with Gasteiger partial charge in [-0.25, -0.2) is 0 Å². The quantitative estimate of drug-likeness (QED) is 0.789. The topological polar surface area (TPSA) is 41.1 Å². The van der Waals surface area contributed by atoms with Crippen LogP contribution < -0.4 is 10.6 Å². The van der Waals surface area contributed by atoms with E-state index in [4.69, 9.17) is 0 Å². The maximum absolute atomic E-state index is 11.7. The van der Waals surface area contributed by atoms with Crippen LogP contribution in [0.25, 0.3) is 0 Å². The Bertz CT molecular complexity index is 384. The van der Waals surface area contributed by atoms with Crippen LogP contribution >= 0.6 is 0 Å². The molecule has 0 radical (unpaired) electrons. The van der Waals surface area contributed by atoms with E-state index in [9.17, 15) is 4.79 Å². The van der Waals surface area contributed by atoms with Crippen LogP contribution in [0.1, 0.15) is 52.0 Å². The van der Waals surface area contributed by atoms with E-state index in [0.29, 0.717) is 24.9 Å². The summed E-state index contributed by atoms with van der Waals surface area (Å²) in [6.07, 6.45) is 1.64. The molecule has 0 saturated heterocycles. The van der Waals surface area contributed by atoms with Crippen molar-refractivity contribution in [2.75, 3.05) is 11.9 Å². The van der Waals surface area contributed by atoms with Crippen molar-refractivity contribution >= 4 is 11.6 Å². The Morgan fingerprint density at radius 1 is 1.16 bits per heavy atom. The van der Waals surface area contributed by atoms with Gasteiger partial charge in [0.25, 0.3) is 0 Å². The van der Waals surface area contributed by atoms with Gasteiger partial charge in [0.15, 0.2) is 0 Å². The van der Waals surface area contributed by atoms with Crippen LogP contribution in [-0.2, 0) is 4.79 Å². The van der Waals surface area contributed by atoms with Crippen LogP contribution in [0.4, 0.5) is 5.69 Å². The smallest absolute Gasteiger partial charge is 0.225 e. The molecule has 2 N–H and O–H groups in total. The van der Waals surface area contributed by atoms with E-state index in [0.717, 1.165) is 12.1 Å². The summed E-state index contributed by atoms with van der Waals surface area (Å²) < 4.78 is 0. The van der Waals surface area contributed by atoms with Gasteiger partial charge >= 0.3 is 0 Å². The largest absolute Gasteiger partial charge is 0.326 e. The van der Waals surface area contributed by atoms with Crippen LogP contribution in [0, 0.1) is 0 Å². The first-order valence-electron chi connectivity index (χ1n) is 7.16. The average molecular weight is 262 g/mol. The summed E-state index contributed by atoms with van der Waals surface area (Å²) in [5.41, 5.74) is 2.20. The monoisotopic (exact) mass is 262 g/mol. The van der Waals surface area contributed by atoms with Crippen LogP contribution in [0.2, 0.25) is 0 Å². The summed E-state index contributed by atoms with van der Waals surface area (Å²) in [4.78, 5) is 11.7. The highest BCUT2D eigenvalue weighted by Crippen LogP contribution is 2.20. The molecule has 1 amide bonds. The third-order valence-electron chi connectivity index (χ3n) is 3.28. The molecular weight excluding hydrogens is 236 g/mol. The predicted octanol–water partition coefficient (Wildman–Crippen LogP) is 3.53. The van der Waals surface area contributed by atoms with Gasteiger partial charge in [-0.3, -0.25) is 4.79 Å². The van der Waals surface area contributed by atoms with E-state index in [1.165, 1.54) is 5.56 Å². The zero-order chi connectivity index (χ0) is 14.3. The molecule has 0 aromatic heterocycles. The summed E-state index contributed by atoms with van der Waals surface area (Å²) in [7, 11) is 0. The molecule has 0 aliphatic carbocycles. The molecule has 1 rings (SSSR count). The third kappa shape index (κ3) is 5.88. The highest BCUT2D eigenvalue weighted by atomic mass is 16.1. The number of benzene rings is 1. The van der Waals surface area contributed by atoms with Gasteiger partial charge in [-0.15, -0.1) is 0 Å². The lowest BCUT2D eigenvalue weighted by molar-refractivity contribution is -0.116. The molecule has 1 aromatic carbocycles. The van der Waals surface area contributed by atoms with Crippen molar-refractivity contribution in [2.45, 2.75) is 52.5 Å². The first-order chi connectivity index (χ1) is 9.02. The third-order valence-corrected chi connectivity index (χ3v) is 3.28. The molecule has 3 heteroatoms. The summed E-state index contributed by atoms with van der Waals surface area (Å²) >= 11 is 0. The Morgan fingerprint density at radius 2 is 1.79 bits per heavy atom. The van der Waals surface area contributed by atoms with Gasteiger partial charge in [0.2, 0.25) is 5.91 Å².